The van der Waals surface area contributed by atoms with Crippen LogP contribution in [0.4, 0.5) is 4.79 Å². The number of aromatic nitrogens is 2. The number of carbonyl (C=O) groups excluding carboxylic acids is 3. The second-order valence-corrected chi connectivity index (χ2v) is 17.8. The number of carbonyl (C=O) groups is 3. The molecule has 3 aliphatic rings. The molecule has 14 heteroatoms. The summed E-state index contributed by atoms with van der Waals surface area (Å²) in [6.07, 6.45) is 3.67. The maximum atomic E-state index is 13.9. The van der Waals surface area contributed by atoms with Gasteiger partial charge >= 0.3 is 6.09 Å². The van der Waals surface area contributed by atoms with Crippen LogP contribution in [0.25, 0.3) is 28.0 Å². The molecule has 2 fully saturated rings. The molecule has 6 rings (SSSR count). The monoisotopic (exact) mass is 808 g/mol. The zero-order chi connectivity index (χ0) is 39.7. The number of likely N-dealkylation sites (tertiary alicyclic amines) is 2. The molecule has 2 aromatic carbocycles. The Morgan fingerprint density at radius 3 is 2.09 bits per heavy atom. The fourth-order valence-electron chi connectivity index (χ4n) is 7.64. The van der Waals surface area contributed by atoms with Gasteiger partial charge in [-0.05, 0) is 47.8 Å². The number of aliphatic imine (C=N–C) groups is 1. The van der Waals surface area contributed by atoms with Crippen molar-refractivity contribution in [2.24, 2.45) is 22.7 Å². The summed E-state index contributed by atoms with van der Waals surface area (Å²) in [7, 11) is 0.0981. The Balaban J connectivity index is 1.14. The molecule has 0 saturated carbocycles. The standard InChI is InChI=1S/C41H50Cl2N6O5S/c1-22(2)24(5)39(50)48-18-8-9-32(48)38-45-35(37(43)47-38)28-16-12-26(13-17-28)25-10-14-27(15-11-25)30-20-31(44-36(30)42)33-19-29(55(7)53)21-49(33)40(51)34(23(3)4)46-41(52)54-6/h10-17,22-24,29,32-34H,8-9,18-21H2,1-7H3,(H,45,47)(H,46,52)/t24-,29+,32+,33+,34+,55?/m1/s1. The molecule has 6 atom stereocenters. The van der Waals surface area contributed by atoms with Crippen molar-refractivity contribution >= 4 is 63.2 Å². The number of benzene rings is 2. The SMILES string of the molecule is COC(=O)N[C@H](C(=O)N1C[C@@H](S(C)=O)C[C@H]1C1=NC(Cl)=C(c2ccc(-c3ccc(-c4nc([C@@H]5CCCN5C(=O)[C@H](C)C(C)C)[nH]c4Cl)cc3)cc2)C1)C(C)C. The summed E-state index contributed by atoms with van der Waals surface area (Å²) >= 11 is 13.5. The molecule has 4 heterocycles. The van der Waals surface area contributed by atoms with Crippen LogP contribution in [0.1, 0.15) is 77.7 Å². The maximum absolute atomic E-state index is 13.9. The fourth-order valence-corrected chi connectivity index (χ4v) is 9.00. The van der Waals surface area contributed by atoms with Crippen molar-refractivity contribution in [3.8, 4) is 22.4 Å². The molecular weight excluding hydrogens is 759 g/mol. The quantitative estimate of drug-likeness (QED) is 0.190. The van der Waals surface area contributed by atoms with Crippen molar-refractivity contribution in [2.75, 3.05) is 26.5 Å². The summed E-state index contributed by atoms with van der Waals surface area (Å²) in [6.45, 7) is 10.9. The molecule has 3 aliphatic heterocycles. The first-order valence-corrected chi connectivity index (χ1v) is 21.3. The summed E-state index contributed by atoms with van der Waals surface area (Å²) < 4.78 is 17.4. The van der Waals surface area contributed by atoms with Crippen molar-refractivity contribution in [3.05, 3.63) is 70.2 Å². The number of amides is 3. The lowest BCUT2D eigenvalue weighted by molar-refractivity contribution is -0.137. The number of H-pyrrole nitrogens is 1. The number of hydrogen-bond acceptors (Lipinski definition) is 7. The Bertz CT molecular complexity index is 2010. The van der Waals surface area contributed by atoms with E-state index in [-0.39, 0.29) is 40.9 Å². The van der Waals surface area contributed by atoms with Gasteiger partial charge < -0.3 is 24.8 Å². The molecule has 0 bridgehead atoms. The minimum Gasteiger partial charge on any atom is -0.453 e. The van der Waals surface area contributed by atoms with Gasteiger partial charge in [0.25, 0.3) is 0 Å². The van der Waals surface area contributed by atoms with E-state index in [2.05, 4.69) is 24.1 Å². The van der Waals surface area contributed by atoms with E-state index in [1.54, 1.807) is 11.2 Å². The highest BCUT2D eigenvalue weighted by Gasteiger charge is 2.44. The summed E-state index contributed by atoms with van der Waals surface area (Å²) in [5.74, 6) is 0.614. The summed E-state index contributed by atoms with van der Waals surface area (Å²) in [6, 6.07) is 14.8. The number of nitrogens with one attached hydrogen (secondary N) is 2. The van der Waals surface area contributed by atoms with Crippen LogP contribution in [0.2, 0.25) is 5.15 Å². The van der Waals surface area contributed by atoms with Gasteiger partial charge in [-0.25, -0.2) is 14.8 Å². The number of halogens is 2. The zero-order valence-corrected chi connectivity index (χ0v) is 34.7. The molecule has 2 saturated heterocycles. The number of ether oxygens (including phenoxy) is 1. The van der Waals surface area contributed by atoms with E-state index >= 15 is 0 Å². The summed E-state index contributed by atoms with van der Waals surface area (Å²) in [5, 5.41) is 3.26. The van der Waals surface area contributed by atoms with Gasteiger partial charge in [-0.2, -0.15) is 0 Å². The van der Waals surface area contributed by atoms with E-state index < -0.39 is 29.0 Å². The highest BCUT2D eigenvalue weighted by Crippen LogP contribution is 2.39. The largest absolute Gasteiger partial charge is 0.453 e. The average Bonchev–Trinajstić information content (AvgIpc) is 3.98. The van der Waals surface area contributed by atoms with Gasteiger partial charge in [0, 0.05) is 59.3 Å². The first kappa shape index (κ1) is 40.7. The number of methoxy groups -OCH3 is 1. The first-order valence-electron chi connectivity index (χ1n) is 18.9. The third kappa shape index (κ3) is 8.56. The second kappa shape index (κ2) is 17.0. The van der Waals surface area contributed by atoms with Gasteiger partial charge in [-0.1, -0.05) is 106 Å². The third-order valence-electron chi connectivity index (χ3n) is 11.3. The van der Waals surface area contributed by atoms with Crippen molar-refractivity contribution in [1.29, 1.82) is 0 Å². The summed E-state index contributed by atoms with van der Waals surface area (Å²) in [5.41, 5.74) is 6.07. The van der Waals surface area contributed by atoms with E-state index in [0.29, 0.717) is 35.4 Å². The molecule has 2 N–H and O–H groups in total. The second-order valence-electron chi connectivity index (χ2n) is 15.4. The van der Waals surface area contributed by atoms with Crippen molar-refractivity contribution in [2.45, 2.75) is 83.7 Å². The lowest BCUT2D eigenvalue weighted by atomic mass is 9.95. The lowest BCUT2D eigenvalue weighted by Gasteiger charge is -2.31. The molecule has 1 unspecified atom stereocenters. The van der Waals surface area contributed by atoms with Crippen LogP contribution in [0.5, 0.6) is 0 Å². The molecule has 0 aliphatic carbocycles. The van der Waals surface area contributed by atoms with Gasteiger partial charge in [0.1, 0.15) is 27.9 Å². The van der Waals surface area contributed by atoms with Crippen LogP contribution >= 0.6 is 23.2 Å². The molecule has 3 amide bonds. The number of rotatable bonds is 11. The zero-order valence-electron chi connectivity index (χ0n) is 32.4. The normalized spacial score (nSPS) is 21.7. The van der Waals surface area contributed by atoms with E-state index in [4.69, 9.17) is 37.9 Å². The molecule has 3 aromatic rings. The minimum absolute atomic E-state index is 0.0606. The van der Waals surface area contributed by atoms with Crippen molar-refractivity contribution < 1.29 is 23.3 Å². The topological polar surface area (TPSA) is 137 Å². The maximum Gasteiger partial charge on any atom is 0.407 e. The van der Waals surface area contributed by atoms with Gasteiger partial charge in [0.05, 0.1) is 24.4 Å². The van der Waals surface area contributed by atoms with Crippen LogP contribution in [0, 0.1) is 17.8 Å². The van der Waals surface area contributed by atoms with E-state index in [1.807, 2.05) is 74.2 Å². The Kier molecular flexibility index (Phi) is 12.6. The summed E-state index contributed by atoms with van der Waals surface area (Å²) in [4.78, 5) is 55.7. The lowest BCUT2D eigenvalue weighted by Crippen LogP contribution is -2.53. The van der Waals surface area contributed by atoms with E-state index in [1.165, 1.54) is 7.11 Å². The molecule has 0 radical (unpaired) electrons. The van der Waals surface area contributed by atoms with Crippen molar-refractivity contribution in [1.82, 2.24) is 25.1 Å². The first-order chi connectivity index (χ1) is 26.2. The molecule has 294 valence electrons. The number of hydrogen-bond donors (Lipinski definition) is 2. The van der Waals surface area contributed by atoms with Gasteiger partial charge in [0.15, 0.2) is 0 Å². The minimum atomic E-state index is -1.16. The predicted molar refractivity (Wildman–Crippen MR) is 219 cm³/mol. The van der Waals surface area contributed by atoms with Crippen LogP contribution in [-0.4, -0.2) is 91.4 Å². The number of alkyl carbamates (subject to hydrolysis) is 1. The van der Waals surface area contributed by atoms with Crippen LogP contribution in [0.3, 0.4) is 0 Å². The smallest absolute Gasteiger partial charge is 0.407 e. The highest BCUT2D eigenvalue weighted by molar-refractivity contribution is 7.84. The van der Waals surface area contributed by atoms with Gasteiger partial charge in [-0.15, -0.1) is 0 Å². The van der Waals surface area contributed by atoms with Crippen LogP contribution in [0.15, 0.2) is 58.7 Å². The number of aromatic amines is 1. The van der Waals surface area contributed by atoms with Crippen LogP contribution in [-0.2, 0) is 25.1 Å². The van der Waals surface area contributed by atoms with Gasteiger partial charge in [0.2, 0.25) is 11.8 Å². The Morgan fingerprint density at radius 2 is 1.51 bits per heavy atom. The molecule has 0 spiro atoms. The Labute approximate surface area is 335 Å². The molecule has 11 nitrogen and oxygen atoms in total. The van der Waals surface area contributed by atoms with Crippen molar-refractivity contribution in [3.63, 3.8) is 0 Å². The number of nitrogens with zero attached hydrogens (tertiary/aromatic N) is 4. The van der Waals surface area contributed by atoms with E-state index in [0.717, 1.165) is 58.7 Å². The highest BCUT2D eigenvalue weighted by atomic mass is 35.5. The predicted octanol–water partition coefficient (Wildman–Crippen LogP) is 7.83. The number of imidazole rings is 1. The fraction of sp³-hybridized carbons (Fsp3) is 0.488. The average molecular weight is 810 g/mol. The van der Waals surface area contributed by atoms with Gasteiger partial charge in [-0.3, -0.25) is 13.8 Å². The third-order valence-corrected chi connectivity index (χ3v) is 13.2. The van der Waals surface area contributed by atoms with Crippen LogP contribution < -0.4 is 5.32 Å². The number of allylic oxidation sites excluding steroid dienone is 1. The molecule has 1 aromatic heterocycles. The molecular formula is C41H50Cl2N6O5S. The Hall–Kier alpha value is -4.00. The van der Waals surface area contributed by atoms with E-state index in [9.17, 15) is 18.6 Å². The Morgan fingerprint density at radius 1 is 0.891 bits per heavy atom. The molecule has 55 heavy (non-hydrogen) atoms.